The van der Waals surface area contributed by atoms with E-state index in [1.165, 1.54) is 21.3 Å². The van der Waals surface area contributed by atoms with Crippen molar-refractivity contribution in [2.75, 3.05) is 27.9 Å². The number of amides is 2. The van der Waals surface area contributed by atoms with E-state index >= 15 is 0 Å². The molecule has 1 fully saturated rings. The lowest BCUT2D eigenvalue weighted by Crippen LogP contribution is -2.34. The number of benzene rings is 1. The summed E-state index contributed by atoms with van der Waals surface area (Å²) in [5.74, 6) is -0.0717. The largest absolute Gasteiger partial charge is 0.497 e. The molecule has 0 spiro atoms. The van der Waals surface area contributed by atoms with Crippen molar-refractivity contribution in [3.8, 4) is 11.5 Å². The fourth-order valence-electron chi connectivity index (χ4n) is 1.89. The van der Waals surface area contributed by atoms with Crippen LogP contribution in [0.2, 0.25) is 0 Å². The van der Waals surface area contributed by atoms with Gasteiger partial charge in [0.15, 0.2) is 0 Å². The maximum absolute atomic E-state index is 12.2. The van der Waals surface area contributed by atoms with Crippen LogP contribution in [-0.4, -0.2) is 49.9 Å². The number of thioether (sulfide) groups is 1. The first-order chi connectivity index (χ1) is 11.0. The normalized spacial score (nSPS) is 16.0. The van der Waals surface area contributed by atoms with Crippen molar-refractivity contribution in [3.05, 3.63) is 28.7 Å². The fourth-order valence-corrected chi connectivity index (χ4v) is 2.73. The van der Waals surface area contributed by atoms with E-state index in [1.54, 1.807) is 24.3 Å². The minimum absolute atomic E-state index is 0.217. The first-order valence-corrected chi connectivity index (χ1v) is 7.35. The van der Waals surface area contributed by atoms with E-state index < -0.39 is 23.7 Å². The number of nitrogens with zero attached hydrogens (tertiary/aromatic N) is 1. The van der Waals surface area contributed by atoms with Gasteiger partial charge in [0.2, 0.25) is 0 Å². The molecular formula is C15H15NO6S. The van der Waals surface area contributed by atoms with Gasteiger partial charge in [-0.3, -0.25) is 19.3 Å². The number of methoxy groups -OCH3 is 3. The number of rotatable bonds is 5. The molecule has 0 N–H and O–H groups in total. The van der Waals surface area contributed by atoms with Crippen LogP contribution in [-0.2, 0) is 14.3 Å². The molecular weight excluding hydrogens is 322 g/mol. The summed E-state index contributed by atoms with van der Waals surface area (Å²) in [5.41, 5.74) is 0.643. The molecule has 1 aromatic carbocycles. The van der Waals surface area contributed by atoms with Gasteiger partial charge in [-0.25, -0.2) is 0 Å². The third-order valence-electron chi connectivity index (χ3n) is 3.06. The highest BCUT2D eigenvalue weighted by atomic mass is 32.2. The second kappa shape index (κ2) is 7.19. The maximum Gasteiger partial charge on any atom is 0.325 e. The van der Waals surface area contributed by atoms with Crippen LogP contribution in [0.3, 0.4) is 0 Å². The molecule has 0 bridgehead atoms. The second-order valence-corrected chi connectivity index (χ2v) is 5.48. The number of imide groups is 1. The van der Waals surface area contributed by atoms with Crippen molar-refractivity contribution >= 4 is 35.0 Å². The van der Waals surface area contributed by atoms with E-state index in [-0.39, 0.29) is 4.91 Å². The Hall–Kier alpha value is -2.48. The molecule has 0 aromatic heterocycles. The Balaban J connectivity index is 2.28. The van der Waals surface area contributed by atoms with Crippen LogP contribution >= 0.6 is 11.8 Å². The van der Waals surface area contributed by atoms with Crippen LogP contribution in [0, 0.1) is 0 Å². The van der Waals surface area contributed by atoms with Crippen molar-refractivity contribution in [1.29, 1.82) is 0 Å². The highest BCUT2D eigenvalue weighted by molar-refractivity contribution is 8.18. The van der Waals surface area contributed by atoms with Gasteiger partial charge in [-0.2, -0.15) is 0 Å². The van der Waals surface area contributed by atoms with Crippen molar-refractivity contribution < 1.29 is 28.6 Å². The van der Waals surface area contributed by atoms with Gasteiger partial charge in [-0.1, -0.05) is 0 Å². The van der Waals surface area contributed by atoms with Gasteiger partial charge in [0.1, 0.15) is 18.0 Å². The first kappa shape index (κ1) is 16.9. The Morgan fingerprint density at radius 1 is 1.13 bits per heavy atom. The van der Waals surface area contributed by atoms with Crippen molar-refractivity contribution in [2.45, 2.75) is 0 Å². The molecule has 0 unspecified atom stereocenters. The average molecular weight is 337 g/mol. The molecule has 7 nitrogen and oxygen atoms in total. The van der Waals surface area contributed by atoms with E-state index in [2.05, 4.69) is 4.74 Å². The molecule has 8 heteroatoms. The van der Waals surface area contributed by atoms with Gasteiger partial charge >= 0.3 is 5.97 Å². The lowest BCUT2D eigenvalue weighted by atomic mass is 10.2. The summed E-state index contributed by atoms with van der Waals surface area (Å²) in [6.07, 6.45) is 1.55. The summed E-state index contributed by atoms with van der Waals surface area (Å²) in [5, 5.41) is -0.512. The van der Waals surface area contributed by atoms with Crippen LogP contribution < -0.4 is 9.47 Å². The smallest absolute Gasteiger partial charge is 0.325 e. The van der Waals surface area contributed by atoms with Crippen molar-refractivity contribution in [3.63, 3.8) is 0 Å². The quantitative estimate of drug-likeness (QED) is 0.599. The zero-order valence-electron chi connectivity index (χ0n) is 12.8. The molecule has 2 amide bonds. The molecule has 0 atom stereocenters. The van der Waals surface area contributed by atoms with Crippen LogP contribution in [0.4, 0.5) is 4.79 Å². The van der Waals surface area contributed by atoms with Gasteiger partial charge in [0.25, 0.3) is 11.1 Å². The first-order valence-electron chi connectivity index (χ1n) is 6.53. The second-order valence-electron chi connectivity index (χ2n) is 4.49. The number of esters is 1. The topological polar surface area (TPSA) is 82.1 Å². The van der Waals surface area contributed by atoms with E-state index in [1.807, 2.05) is 0 Å². The van der Waals surface area contributed by atoms with Crippen LogP contribution in [0.5, 0.6) is 11.5 Å². The summed E-state index contributed by atoms with van der Waals surface area (Å²) >= 11 is 0.765. The predicted molar refractivity (Wildman–Crippen MR) is 84.2 cm³/mol. The third kappa shape index (κ3) is 3.84. The molecule has 0 aliphatic carbocycles. The Labute approximate surface area is 137 Å². The molecule has 2 rings (SSSR count). The number of hydrogen-bond donors (Lipinski definition) is 0. The molecule has 1 aromatic rings. The van der Waals surface area contributed by atoms with Gasteiger partial charge in [-0.15, -0.1) is 0 Å². The van der Waals surface area contributed by atoms with E-state index in [4.69, 9.17) is 9.47 Å². The highest BCUT2D eigenvalue weighted by Gasteiger charge is 2.36. The van der Waals surface area contributed by atoms with Gasteiger partial charge in [0, 0.05) is 6.07 Å². The summed E-state index contributed by atoms with van der Waals surface area (Å²) < 4.78 is 14.8. The third-order valence-corrected chi connectivity index (χ3v) is 3.97. The summed E-state index contributed by atoms with van der Waals surface area (Å²) in [6.45, 7) is -0.403. The van der Waals surface area contributed by atoms with Crippen LogP contribution in [0.15, 0.2) is 23.1 Å². The standard InChI is InChI=1S/C15H15NO6S/c1-20-10-4-9(5-11(7-10)21-2)6-12-14(18)16(15(19)23-12)8-13(17)22-3/h4-7H,8H2,1-3H3/b12-6+. The van der Waals surface area contributed by atoms with Crippen LogP contribution in [0.25, 0.3) is 6.08 Å². The van der Waals surface area contributed by atoms with E-state index in [0.717, 1.165) is 16.7 Å². The number of ether oxygens (including phenoxy) is 3. The Bertz CT molecular complexity index is 662. The molecule has 122 valence electrons. The minimum Gasteiger partial charge on any atom is -0.497 e. The number of carbonyl (C=O) groups is 3. The summed E-state index contributed by atoms with van der Waals surface area (Å²) in [6, 6.07) is 5.11. The highest BCUT2D eigenvalue weighted by Crippen LogP contribution is 2.33. The fraction of sp³-hybridized carbons (Fsp3) is 0.267. The SMILES string of the molecule is COC(=O)CN1C(=O)S/C(=C/c2cc(OC)cc(OC)c2)C1=O. The van der Waals surface area contributed by atoms with E-state index in [9.17, 15) is 14.4 Å². The average Bonchev–Trinajstić information content (AvgIpc) is 2.81. The zero-order chi connectivity index (χ0) is 17.0. The predicted octanol–water partition coefficient (Wildman–Crippen LogP) is 1.91. The molecule has 0 radical (unpaired) electrons. The molecule has 23 heavy (non-hydrogen) atoms. The maximum atomic E-state index is 12.2. The molecule has 0 saturated carbocycles. The lowest BCUT2D eigenvalue weighted by molar-refractivity contribution is -0.143. The Morgan fingerprint density at radius 2 is 1.74 bits per heavy atom. The monoisotopic (exact) mass is 337 g/mol. The van der Waals surface area contributed by atoms with Crippen LogP contribution in [0.1, 0.15) is 5.56 Å². The van der Waals surface area contributed by atoms with Gasteiger partial charge in [0.05, 0.1) is 26.2 Å². The van der Waals surface area contributed by atoms with Gasteiger partial charge in [-0.05, 0) is 35.5 Å². The Morgan fingerprint density at radius 3 is 2.26 bits per heavy atom. The lowest BCUT2D eigenvalue weighted by Gasteiger charge is -2.09. The summed E-state index contributed by atoms with van der Waals surface area (Å²) in [4.78, 5) is 36.4. The zero-order valence-corrected chi connectivity index (χ0v) is 13.6. The van der Waals surface area contributed by atoms with E-state index in [0.29, 0.717) is 17.1 Å². The molecule has 1 heterocycles. The Kier molecular flexibility index (Phi) is 5.28. The molecule has 1 aliphatic rings. The number of hydrogen-bond acceptors (Lipinski definition) is 7. The number of carbonyl (C=O) groups excluding carboxylic acids is 3. The minimum atomic E-state index is -0.656. The van der Waals surface area contributed by atoms with Crippen molar-refractivity contribution in [1.82, 2.24) is 4.90 Å². The van der Waals surface area contributed by atoms with Crippen molar-refractivity contribution in [2.24, 2.45) is 0 Å². The molecule has 1 saturated heterocycles. The molecule has 1 aliphatic heterocycles. The summed E-state index contributed by atoms with van der Waals surface area (Å²) in [7, 11) is 4.23. The van der Waals surface area contributed by atoms with Gasteiger partial charge < -0.3 is 14.2 Å².